The van der Waals surface area contributed by atoms with Gasteiger partial charge in [-0.15, -0.1) is 11.3 Å². The van der Waals surface area contributed by atoms with E-state index in [2.05, 4.69) is 46.3 Å². The van der Waals surface area contributed by atoms with E-state index in [9.17, 15) is 0 Å². The van der Waals surface area contributed by atoms with Gasteiger partial charge in [-0.2, -0.15) is 0 Å². The maximum Gasteiger partial charge on any atom is 0.140 e. The summed E-state index contributed by atoms with van der Waals surface area (Å²) in [5, 5.41) is 1.04. The van der Waals surface area contributed by atoms with Gasteiger partial charge in [0.1, 0.15) is 17.4 Å². The van der Waals surface area contributed by atoms with Gasteiger partial charge in [0.15, 0.2) is 0 Å². The van der Waals surface area contributed by atoms with Crippen LogP contribution in [0, 0.1) is 5.92 Å². The third-order valence-electron chi connectivity index (χ3n) is 6.17. The number of ether oxygens (including phenoxy) is 1. The van der Waals surface area contributed by atoms with E-state index in [1.54, 1.807) is 11.3 Å². The number of aryl methyl sites for hydroxylation is 1. The zero-order chi connectivity index (χ0) is 18.8. The SMILES string of the molecule is c1ccc2sc(COc3ccc4c(c3)CCC(CN3CCCCC3)C4)nc2c1. The maximum atomic E-state index is 6.08. The van der Waals surface area contributed by atoms with Gasteiger partial charge >= 0.3 is 0 Å². The Bertz CT molecular complexity index is 912. The molecule has 0 spiro atoms. The largest absolute Gasteiger partial charge is 0.486 e. The standard InChI is InChI=1S/C24H28N2OS/c1-4-12-26(13-5-1)16-18-8-9-20-15-21(11-10-19(20)14-18)27-17-24-25-22-6-2-3-7-23(22)28-24/h2-3,6-7,10-11,15,18H,1,4-5,8-9,12-14,16-17H2. The molecule has 146 valence electrons. The molecule has 5 rings (SSSR count). The Morgan fingerprint density at radius 3 is 2.82 bits per heavy atom. The lowest BCUT2D eigenvalue weighted by Crippen LogP contribution is -2.36. The van der Waals surface area contributed by atoms with Crippen molar-refractivity contribution in [3.05, 3.63) is 58.6 Å². The number of likely N-dealkylation sites (tertiary alicyclic amines) is 1. The van der Waals surface area contributed by atoms with E-state index in [4.69, 9.17) is 4.74 Å². The second-order valence-electron chi connectivity index (χ2n) is 8.26. The Balaban J connectivity index is 1.20. The van der Waals surface area contributed by atoms with Gasteiger partial charge < -0.3 is 9.64 Å². The van der Waals surface area contributed by atoms with Crippen LogP contribution >= 0.6 is 11.3 Å². The van der Waals surface area contributed by atoms with Gasteiger partial charge in [0.05, 0.1) is 10.2 Å². The summed E-state index contributed by atoms with van der Waals surface area (Å²) in [7, 11) is 0. The summed E-state index contributed by atoms with van der Waals surface area (Å²) in [6.45, 7) is 4.45. The Morgan fingerprint density at radius 2 is 1.93 bits per heavy atom. The lowest BCUT2D eigenvalue weighted by atomic mass is 9.83. The molecule has 1 aromatic heterocycles. The molecule has 1 aliphatic carbocycles. The Hall–Kier alpha value is -1.91. The van der Waals surface area contributed by atoms with Crippen molar-refractivity contribution in [3.63, 3.8) is 0 Å². The average Bonchev–Trinajstić information content (AvgIpc) is 3.16. The van der Waals surface area contributed by atoms with Crippen molar-refractivity contribution in [3.8, 4) is 5.75 Å². The molecule has 2 heterocycles. The van der Waals surface area contributed by atoms with Crippen LogP contribution in [0.3, 0.4) is 0 Å². The van der Waals surface area contributed by atoms with Crippen molar-refractivity contribution < 1.29 is 4.74 Å². The maximum absolute atomic E-state index is 6.08. The molecule has 2 aromatic carbocycles. The number of hydrogen-bond donors (Lipinski definition) is 0. The van der Waals surface area contributed by atoms with Gasteiger partial charge in [-0.25, -0.2) is 4.98 Å². The molecule has 1 saturated heterocycles. The van der Waals surface area contributed by atoms with Crippen LogP contribution in [0.5, 0.6) is 5.75 Å². The number of aromatic nitrogens is 1. The fourth-order valence-corrected chi connectivity index (χ4v) is 5.57. The minimum Gasteiger partial charge on any atom is -0.486 e. The highest BCUT2D eigenvalue weighted by molar-refractivity contribution is 7.18. The first-order chi connectivity index (χ1) is 13.8. The second-order valence-corrected chi connectivity index (χ2v) is 9.38. The summed E-state index contributed by atoms with van der Waals surface area (Å²) in [5.74, 6) is 1.80. The molecule has 0 radical (unpaired) electrons. The van der Waals surface area contributed by atoms with Crippen LogP contribution in [0.15, 0.2) is 42.5 Å². The summed E-state index contributed by atoms with van der Waals surface area (Å²) >= 11 is 1.72. The first-order valence-electron chi connectivity index (χ1n) is 10.6. The predicted molar refractivity (Wildman–Crippen MR) is 116 cm³/mol. The van der Waals surface area contributed by atoms with Crippen molar-refractivity contribution in [2.75, 3.05) is 19.6 Å². The summed E-state index contributed by atoms with van der Waals surface area (Å²) in [5.41, 5.74) is 4.08. The fourth-order valence-electron chi connectivity index (χ4n) is 4.69. The van der Waals surface area contributed by atoms with Crippen molar-refractivity contribution in [2.45, 2.75) is 45.1 Å². The Labute approximate surface area is 171 Å². The lowest BCUT2D eigenvalue weighted by Gasteiger charge is -2.33. The highest BCUT2D eigenvalue weighted by atomic mass is 32.1. The van der Waals surface area contributed by atoms with Gasteiger partial charge in [-0.3, -0.25) is 0 Å². The molecule has 0 bridgehead atoms. The molecule has 1 fully saturated rings. The number of benzene rings is 2. The van der Waals surface area contributed by atoms with Gasteiger partial charge in [0.2, 0.25) is 0 Å². The smallest absolute Gasteiger partial charge is 0.140 e. The molecule has 4 heteroatoms. The molecule has 1 aliphatic heterocycles. The minimum absolute atomic E-state index is 0.551. The molecule has 3 nitrogen and oxygen atoms in total. The molecule has 0 saturated carbocycles. The number of thiazole rings is 1. The van der Waals surface area contributed by atoms with Gasteiger partial charge in [-0.05, 0) is 86.5 Å². The number of nitrogens with zero attached hydrogens (tertiary/aromatic N) is 2. The highest BCUT2D eigenvalue weighted by Crippen LogP contribution is 2.30. The van der Waals surface area contributed by atoms with Crippen molar-refractivity contribution in [1.29, 1.82) is 0 Å². The van der Waals surface area contributed by atoms with Crippen molar-refractivity contribution in [1.82, 2.24) is 9.88 Å². The molecular weight excluding hydrogens is 364 g/mol. The first kappa shape index (κ1) is 18.1. The molecule has 3 aromatic rings. The van der Waals surface area contributed by atoms with E-state index < -0.39 is 0 Å². The number of hydrogen-bond acceptors (Lipinski definition) is 4. The summed E-state index contributed by atoms with van der Waals surface area (Å²) < 4.78 is 7.30. The van der Waals surface area contributed by atoms with Gasteiger partial charge in [-0.1, -0.05) is 24.6 Å². The number of rotatable bonds is 5. The van der Waals surface area contributed by atoms with Crippen LogP contribution in [0.25, 0.3) is 10.2 Å². The third kappa shape index (κ3) is 4.08. The van der Waals surface area contributed by atoms with Crippen LogP contribution in [0.4, 0.5) is 0 Å². The first-order valence-corrected chi connectivity index (χ1v) is 11.5. The summed E-state index contributed by atoms with van der Waals surface area (Å²) in [6.07, 6.45) is 7.92. The monoisotopic (exact) mass is 392 g/mol. The molecule has 2 aliphatic rings. The number of para-hydroxylation sites is 1. The molecule has 1 unspecified atom stereocenters. The number of fused-ring (bicyclic) bond motifs is 2. The van der Waals surface area contributed by atoms with Crippen LogP contribution in [-0.2, 0) is 19.4 Å². The Kier molecular flexibility index (Phi) is 5.32. The predicted octanol–water partition coefficient (Wildman–Crippen LogP) is 5.47. The van der Waals surface area contributed by atoms with E-state index in [0.717, 1.165) is 22.2 Å². The van der Waals surface area contributed by atoms with E-state index >= 15 is 0 Å². The van der Waals surface area contributed by atoms with Crippen LogP contribution in [0.1, 0.15) is 41.8 Å². The molecule has 28 heavy (non-hydrogen) atoms. The topological polar surface area (TPSA) is 25.4 Å². The lowest BCUT2D eigenvalue weighted by molar-refractivity contribution is 0.187. The molecular formula is C24H28N2OS. The van der Waals surface area contributed by atoms with E-state index in [1.165, 1.54) is 74.0 Å². The van der Waals surface area contributed by atoms with Gasteiger partial charge in [0, 0.05) is 6.54 Å². The van der Waals surface area contributed by atoms with Crippen molar-refractivity contribution >= 4 is 21.6 Å². The summed E-state index contributed by atoms with van der Waals surface area (Å²) in [6, 6.07) is 15.0. The molecule has 1 atom stereocenters. The van der Waals surface area contributed by atoms with Crippen LogP contribution < -0.4 is 4.74 Å². The zero-order valence-corrected chi connectivity index (χ0v) is 17.2. The van der Waals surface area contributed by atoms with E-state index in [-0.39, 0.29) is 0 Å². The van der Waals surface area contributed by atoms with Crippen molar-refractivity contribution in [2.24, 2.45) is 5.92 Å². The number of piperidine rings is 1. The normalized spacial score (nSPS) is 20.2. The van der Waals surface area contributed by atoms with E-state index in [1.807, 2.05) is 6.07 Å². The van der Waals surface area contributed by atoms with Crippen LogP contribution in [-0.4, -0.2) is 29.5 Å². The highest BCUT2D eigenvalue weighted by Gasteiger charge is 2.22. The fraction of sp³-hybridized carbons (Fsp3) is 0.458. The average molecular weight is 393 g/mol. The van der Waals surface area contributed by atoms with E-state index in [0.29, 0.717) is 6.61 Å². The quantitative estimate of drug-likeness (QED) is 0.576. The Morgan fingerprint density at radius 1 is 1.04 bits per heavy atom. The molecule has 0 amide bonds. The minimum atomic E-state index is 0.551. The van der Waals surface area contributed by atoms with Gasteiger partial charge in [0.25, 0.3) is 0 Å². The molecule has 0 N–H and O–H groups in total. The third-order valence-corrected chi connectivity index (χ3v) is 7.18. The second kappa shape index (κ2) is 8.22. The van der Waals surface area contributed by atoms with Crippen LogP contribution in [0.2, 0.25) is 0 Å². The zero-order valence-electron chi connectivity index (χ0n) is 16.4. The summed E-state index contributed by atoms with van der Waals surface area (Å²) in [4.78, 5) is 7.36.